The molecular weight excluding hydrogens is 354 g/mol. The first-order chi connectivity index (χ1) is 11.2. The topological polar surface area (TPSA) is 92.6 Å². The lowest BCUT2D eigenvalue weighted by Crippen LogP contribution is -2.20. The summed E-state index contributed by atoms with van der Waals surface area (Å²) in [7, 11) is -0.811. The van der Waals surface area contributed by atoms with Gasteiger partial charge in [0.05, 0.1) is 9.82 Å². The maximum Gasteiger partial charge on any atom is 0.293 e. The Morgan fingerprint density at radius 2 is 1.96 bits per heavy atom. The number of nitrogens with zero attached hydrogens (tertiary/aromatic N) is 2. The SMILES string of the molecule is CNS(=O)(=O)c1ccc(N(C)Cc2cccc(Cl)c2)c([N+](=O)[O-])c1. The van der Waals surface area contributed by atoms with Crippen LogP contribution in [-0.2, 0) is 16.6 Å². The molecule has 0 fully saturated rings. The van der Waals surface area contributed by atoms with Crippen molar-refractivity contribution in [1.82, 2.24) is 4.72 Å². The standard InChI is InChI=1S/C15H16ClN3O4S/c1-17-24(22,23)13-6-7-14(15(9-13)19(20)21)18(2)10-11-4-3-5-12(16)8-11/h3-9,17H,10H2,1-2H3. The van der Waals surface area contributed by atoms with Crippen LogP contribution in [0.25, 0.3) is 0 Å². The molecule has 7 nitrogen and oxygen atoms in total. The lowest BCUT2D eigenvalue weighted by Gasteiger charge is -2.20. The van der Waals surface area contributed by atoms with E-state index in [9.17, 15) is 18.5 Å². The predicted octanol–water partition coefficient (Wildman–Crippen LogP) is 2.79. The number of nitro benzene ring substituents is 1. The molecule has 0 bridgehead atoms. The Bertz CT molecular complexity index is 871. The number of hydrogen-bond donors (Lipinski definition) is 1. The van der Waals surface area contributed by atoms with Gasteiger partial charge in [0, 0.05) is 24.7 Å². The molecule has 0 spiro atoms. The Morgan fingerprint density at radius 1 is 1.25 bits per heavy atom. The minimum Gasteiger partial charge on any atom is -0.365 e. The summed E-state index contributed by atoms with van der Waals surface area (Å²) < 4.78 is 25.8. The minimum atomic E-state index is -3.75. The number of hydrogen-bond acceptors (Lipinski definition) is 5. The number of sulfonamides is 1. The Morgan fingerprint density at radius 3 is 2.54 bits per heavy atom. The molecule has 2 aromatic rings. The second kappa shape index (κ2) is 7.16. The highest BCUT2D eigenvalue weighted by atomic mass is 35.5. The van der Waals surface area contributed by atoms with Crippen molar-refractivity contribution in [2.75, 3.05) is 19.0 Å². The highest BCUT2D eigenvalue weighted by Crippen LogP contribution is 2.31. The summed E-state index contributed by atoms with van der Waals surface area (Å²) in [6.45, 7) is 0.388. The molecule has 1 N–H and O–H groups in total. The van der Waals surface area contributed by atoms with Crippen LogP contribution in [-0.4, -0.2) is 27.4 Å². The molecule has 0 unspecified atom stereocenters. The first-order valence-corrected chi connectivity index (χ1v) is 8.78. The molecule has 0 aliphatic heterocycles. The van der Waals surface area contributed by atoms with Crippen molar-refractivity contribution in [2.24, 2.45) is 0 Å². The molecule has 0 aliphatic carbocycles. The van der Waals surface area contributed by atoms with E-state index in [2.05, 4.69) is 4.72 Å². The second-order valence-corrected chi connectivity index (χ2v) is 7.42. The molecule has 0 aliphatic rings. The summed E-state index contributed by atoms with van der Waals surface area (Å²) in [6.07, 6.45) is 0. The van der Waals surface area contributed by atoms with E-state index >= 15 is 0 Å². The number of halogens is 1. The quantitative estimate of drug-likeness (QED) is 0.624. The van der Waals surface area contributed by atoms with E-state index in [0.717, 1.165) is 11.6 Å². The molecule has 0 radical (unpaired) electrons. The molecule has 0 amide bonds. The monoisotopic (exact) mass is 369 g/mol. The van der Waals surface area contributed by atoms with Crippen LogP contribution in [0.3, 0.4) is 0 Å². The lowest BCUT2D eigenvalue weighted by atomic mass is 10.2. The van der Waals surface area contributed by atoms with Crippen LogP contribution in [0.4, 0.5) is 11.4 Å². The fourth-order valence-corrected chi connectivity index (χ4v) is 3.21. The number of anilines is 1. The summed E-state index contributed by atoms with van der Waals surface area (Å²) in [5.74, 6) is 0. The maximum absolute atomic E-state index is 11.8. The summed E-state index contributed by atoms with van der Waals surface area (Å²) >= 11 is 5.94. The Hall–Kier alpha value is -2.16. The molecule has 0 saturated heterocycles. The van der Waals surface area contributed by atoms with Crippen LogP contribution in [0.5, 0.6) is 0 Å². The Balaban J connectivity index is 2.40. The Labute approximate surface area is 145 Å². The van der Waals surface area contributed by atoms with E-state index in [1.165, 1.54) is 19.2 Å². The van der Waals surface area contributed by atoms with Crippen molar-refractivity contribution in [3.05, 3.63) is 63.2 Å². The number of benzene rings is 2. The fraction of sp³-hybridized carbons (Fsp3) is 0.200. The minimum absolute atomic E-state index is 0.156. The summed E-state index contributed by atoms with van der Waals surface area (Å²) in [6, 6.07) is 11.0. The second-order valence-electron chi connectivity index (χ2n) is 5.10. The zero-order valence-corrected chi connectivity index (χ0v) is 14.6. The molecular formula is C15H16ClN3O4S. The van der Waals surface area contributed by atoms with Gasteiger partial charge in [-0.2, -0.15) is 0 Å². The molecule has 0 heterocycles. The molecule has 0 aromatic heterocycles. The van der Waals surface area contributed by atoms with Gasteiger partial charge in [-0.1, -0.05) is 23.7 Å². The van der Waals surface area contributed by atoms with Gasteiger partial charge in [0.15, 0.2) is 0 Å². The molecule has 0 saturated carbocycles. The molecule has 24 heavy (non-hydrogen) atoms. The maximum atomic E-state index is 11.8. The van der Waals surface area contributed by atoms with Gasteiger partial charge < -0.3 is 4.90 Å². The van der Waals surface area contributed by atoms with Gasteiger partial charge in [0.2, 0.25) is 10.0 Å². The molecule has 9 heteroatoms. The van der Waals surface area contributed by atoms with Crippen LogP contribution in [0.2, 0.25) is 5.02 Å². The number of rotatable bonds is 6. The van der Waals surface area contributed by atoms with Crippen molar-refractivity contribution < 1.29 is 13.3 Å². The van der Waals surface area contributed by atoms with Crippen LogP contribution < -0.4 is 9.62 Å². The summed E-state index contributed by atoms with van der Waals surface area (Å²) in [5, 5.41) is 11.9. The fourth-order valence-electron chi connectivity index (χ4n) is 2.25. The third-order valence-corrected chi connectivity index (χ3v) is 5.09. The van der Waals surface area contributed by atoms with Gasteiger partial charge in [-0.25, -0.2) is 13.1 Å². The smallest absolute Gasteiger partial charge is 0.293 e. The molecule has 0 atom stereocenters. The highest BCUT2D eigenvalue weighted by Gasteiger charge is 2.22. The largest absolute Gasteiger partial charge is 0.365 e. The van der Waals surface area contributed by atoms with E-state index in [1.807, 2.05) is 6.07 Å². The third kappa shape index (κ3) is 4.02. The van der Waals surface area contributed by atoms with Crippen molar-refractivity contribution in [3.8, 4) is 0 Å². The van der Waals surface area contributed by atoms with Crippen LogP contribution in [0.15, 0.2) is 47.4 Å². The number of nitro groups is 1. The van der Waals surface area contributed by atoms with E-state index in [-0.39, 0.29) is 10.6 Å². The number of nitrogens with one attached hydrogen (secondary N) is 1. The molecule has 128 valence electrons. The average molecular weight is 370 g/mol. The van der Waals surface area contributed by atoms with Crippen molar-refractivity contribution in [2.45, 2.75) is 11.4 Å². The van der Waals surface area contributed by atoms with E-state index in [4.69, 9.17) is 11.6 Å². The highest BCUT2D eigenvalue weighted by molar-refractivity contribution is 7.89. The zero-order chi connectivity index (χ0) is 17.9. The van der Waals surface area contributed by atoms with Gasteiger partial charge in [0.1, 0.15) is 5.69 Å². The van der Waals surface area contributed by atoms with Crippen molar-refractivity contribution >= 4 is 33.0 Å². The third-order valence-electron chi connectivity index (χ3n) is 3.44. The van der Waals surface area contributed by atoms with Crippen molar-refractivity contribution in [3.63, 3.8) is 0 Å². The van der Waals surface area contributed by atoms with Crippen LogP contribution in [0.1, 0.15) is 5.56 Å². The van der Waals surface area contributed by atoms with E-state index < -0.39 is 14.9 Å². The van der Waals surface area contributed by atoms with Gasteiger partial charge in [-0.3, -0.25) is 10.1 Å². The first kappa shape index (κ1) is 18.2. The van der Waals surface area contributed by atoms with Crippen LogP contribution >= 0.6 is 11.6 Å². The van der Waals surface area contributed by atoms with Gasteiger partial charge in [-0.05, 0) is 36.9 Å². The molecule has 2 rings (SSSR count). The first-order valence-electron chi connectivity index (χ1n) is 6.92. The zero-order valence-electron chi connectivity index (χ0n) is 13.1. The average Bonchev–Trinajstić information content (AvgIpc) is 2.54. The van der Waals surface area contributed by atoms with E-state index in [0.29, 0.717) is 17.3 Å². The normalized spacial score (nSPS) is 11.3. The van der Waals surface area contributed by atoms with Gasteiger partial charge in [0.25, 0.3) is 5.69 Å². The summed E-state index contributed by atoms with van der Waals surface area (Å²) in [5.41, 5.74) is 0.914. The Kier molecular flexibility index (Phi) is 5.43. The lowest BCUT2D eigenvalue weighted by molar-refractivity contribution is -0.384. The predicted molar refractivity (Wildman–Crippen MR) is 92.9 cm³/mol. The van der Waals surface area contributed by atoms with Gasteiger partial charge >= 0.3 is 0 Å². The van der Waals surface area contributed by atoms with E-state index in [1.54, 1.807) is 30.1 Å². The van der Waals surface area contributed by atoms with Gasteiger partial charge in [-0.15, -0.1) is 0 Å². The molecule has 2 aromatic carbocycles. The van der Waals surface area contributed by atoms with Crippen molar-refractivity contribution in [1.29, 1.82) is 0 Å². The van der Waals surface area contributed by atoms with Crippen LogP contribution in [0, 0.1) is 10.1 Å². The summed E-state index contributed by atoms with van der Waals surface area (Å²) in [4.78, 5) is 12.3.